The molecule has 0 bridgehead atoms. The smallest absolute Gasteiger partial charge is 0.267 e. The number of hydrogen-bond acceptors (Lipinski definition) is 5. The van der Waals surface area contributed by atoms with Gasteiger partial charge in [0.05, 0.1) is 11.7 Å². The summed E-state index contributed by atoms with van der Waals surface area (Å²) in [6.45, 7) is 3.20. The SMILES string of the molecule is CN1CCN(C(=O)c2cccc(-c3ccc(=O)n([C@H]4CC[C@](N)(c5cccc(Cl)c5)CC4)n3)c2)CC1. The van der Waals surface area contributed by atoms with E-state index in [0.29, 0.717) is 16.3 Å². The molecular formula is C28H32ClN5O2. The molecule has 0 spiro atoms. The van der Waals surface area contributed by atoms with Crippen LogP contribution >= 0.6 is 11.6 Å². The molecule has 1 aromatic heterocycles. The minimum absolute atomic E-state index is 0.0246. The Kier molecular flexibility index (Phi) is 6.97. The van der Waals surface area contributed by atoms with E-state index in [1.807, 2.05) is 53.4 Å². The van der Waals surface area contributed by atoms with Gasteiger partial charge in [-0.25, -0.2) is 4.68 Å². The third kappa shape index (κ3) is 5.09. The van der Waals surface area contributed by atoms with Crippen LogP contribution in [-0.2, 0) is 5.54 Å². The maximum absolute atomic E-state index is 13.1. The second kappa shape index (κ2) is 10.2. The summed E-state index contributed by atoms with van der Waals surface area (Å²) >= 11 is 6.19. The maximum Gasteiger partial charge on any atom is 0.267 e. The molecular weight excluding hydrogens is 474 g/mol. The molecule has 7 nitrogen and oxygen atoms in total. The molecule has 1 aliphatic heterocycles. The summed E-state index contributed by atoms with van der Waals surface area (Å²) in [6, 6.07) is 18.5. The van der Waals surface area contributed by atoms with E-state index in [9.17, 15) is 9.59 Å². The van der Waals surface area contributed by atoms with E-state index >= 15 is 0 Å². The Morgan fingerprint density at radius 3 is 2.44 bits per heavy atom. The van der Waals surface area contributed by atoms with Crippen molar-refractivity contribution in [2.24, 2.45) is 5.73 Å². The number of likely N-dealkylation sites (N-methyl/N-ethyl adjacent to an activating group) is 1. The van der Waals surface area contributed by atoms with Crippen LogP contribution in [0.15, 0.2) is 65.5 Å². The third-order valence-corrected chi connectivity index (χ3v) is 7.85. The third-order valence-electron chi connectivity index (χ3n) is 7.61. The summed E-state index contributed by atoms with van der Waals surface area (Å²) in [5.74, 6) is 0.0332. The Labute approximate surface area is 216 Å². The number of piperazine rings is 1. The van der Waals surface area contributed by atoms with Crippen LogP contribution in [-0.4, -0.2) is 58.7 Å². The summed E-state index contributed by atoms with van der Waals surface area (Å²) in [6.07, 6.45) is 2.99. The van der Waals surface area contributed by atoms with Crippen molar-refractivity contribution in [3.63, 3.8) is 0 Å². The lowest BCUT2D eigenvalue weighted by Gasteiger charge is -2.37. The number of halogens is 1. The largest absolute Gasteiger partial charge is 0.336 e. The standard InChI is InChI=1S/C28H32ClN5O2/c1-32-14-16-33(17-15-32)27(36)21-5-2-4-20(18-21)25-8-9-26(35)34(31-25)24-10-12-28(30,13-11-24)22-6-3-7-23(29)19-22/h2-9,18-19,24H,10-17,30H2,1H3/t24-,28+. The van der Waals surface area contributed by atoms with E-state index in [1.54, 1.807) is 16.8 Å². The number of nitrogens with zero attached hydrogens (tertiary/aromatic N) is 4. The Balaban J connectivity index is 1.34. The van der Waals surface area contributed by atoms with E-state index in [1.165, 1.54) is 0 Å². The minimum Gasteiger partial charge on any atom is -0.336 e. The van der Waals surface area contributed by atoms with Gasteiger partial charge in [0, 0.05) is 53.9 Å². The molecule has 1 saturated carbocycles. The van der Waals surface area contributed by atoms with Crippen LogP contribution in [0.1, 0.15) is 47.6 Å². The average Bonchev–Trinajstić information content (AvgIpc) is 2.90. The molecule has 1 saturated heterocycles. The summed E-state index contributed by atoms with van der Waals surface area (Å²) in [7, 11) is 2.07. The number of hydrogen-bond donors (Lipinski definition) is 1. The summed E-state index contributed by atoms with van der Waals surface area (Å²) < 4.78 is 1.60. The van der Waals surface area contributed by atoms with Crippen molar-refractivity contribution in [2.75, 3.05) is 33.2 Å². The zero-order valence-electron chi connectivity index (χ0n) is 20.6. The normalized spacial score (nSPS) is 23.0. The van der Waals surface area contributed by atoms with Gasteiger partial charge in [0.25, 0.3) is 11.5 Å². The lowest BCUT2D eigenvalue weighted by Crippen LogP contribution is -2.47. The van der Waals surface area contributed by atoms with Crippen molar-refractivity contribution in [3.05, 3.63) is 87.2 Å². The number of carbonyl (C=O) groups excluding carboxylic acids is 1. The quantitative estimate of drug-likeness (QED) is 0.581. The minimum atomic E-state index is -0.458. The molecule has 0 atom stereocenters. The highest BCUT2D eigenvalue weighted by Crippen LogP contribution is 2.39. The molecule has 2 fully saturated rings. The molecule has 8 heteroatoms. The Hall–Kier alpha value is -3.00. The van der Waals surface area contributed by atoms with Crippen molar-refractivity contribution < 1.29 is 4.79 Å². The fraction of sp³-hybridized carbons (Fsp3) is 0.393. The molecule has 0 unspecified atom stereocenters. The van der Waals surface area contributed by atoms with Crippen LogP contribution < -0.4 is 11.3 Å². The molecule has 0 radical (unpaired) electrons. The first-order valence-electron chi connectivity index (χ1n) is 12.6. The van der Waals surface area contributed by atoms with Crippen LogP contribution in [0.5, 0.6) is 0 Å². The first-order valence-corrected chi connectivity index (χ1v) is 12.9. The second-order valence-electron chi connectivity index (χ2n) is 10.1. The topological polar surface area (TPSA) is 84.5 Å². The molecule has 2 N–H and O–H groups in total. The van der Waals surface area contributed by atoms with Gasteiger partial charge < -0.3 is 15.5 Å². The van der Waals surface area contributed by atoms with Gasteiger partial charge in [0.2, 0.25) is 0 Å². The fourth-order valence-corrected chi connectivity index (χ4v) is 5.48. The number of carbonyl (C=O) groups is 1. The fourth-order valence-electron chi connectivity index (χ4n) is 5.29. The van der Waals surface area contributed by atoms with Crippen molar-refractivity contribution >= 4 is 17.5 Å². The molecule has 3 aromatic rings. The molecule has 5 rings (SSSR count). The summed E-state index contributed by atoms with van der Waals surface area (Å²) in [4.78, 5) is 30.0. The Morgan fingerprint density at radius 1 is 1.00 bits per heavy atom. The van der Waals surface area contributed by atoms with Gasteiger partial charge in [0.1, 0.15) is 0 Å². The van der Waals surface area contributed by atoms with Crippen molar-refractivity contribution in [2.45, 2.75) is 37.3 Å². The van der Waals surface area contributed by atoms with Crippen molar-refractivity contribution in [1.82, 2.24) is 19.6 Å². The predicted octanol–water partition coefficient (Wildman–Crippen LogP) is 3.92. The van der Waals surface area contributed by atoms with Gasteiger partial charge in [-0.2, -0.15) is 5.10 Å². The van der Waals surface area contributed by atoms with E-state index in [0.717, 1.165) is 63.0 Å². The molecule has 36 heavy (non-hydrogen) atoms. The van der Waals surface area contributed by atoms with Gasteiger partial charge >= 0.3 is 0 Å². The number of aromatic nitrogens is 2. The molecule has 188 valence electrons. The van der Waals surface area contributed by atoms with Crippen LogP contribution in [0.4, 0.5) is 0 Å². The predicted molar refractivity (Wildman–Crippen MR) is 142 cm³/mol. The summed E-state index contributed by atoms with van der Waals surface area (Å²) in [5.41, 5.74) is 9.36. The zero-order chi connectivity index (χ0) is 25.3. The van der Waals surface area contributed by atoms with E-state index < -0.39 is 5.54 Å². The number of amides is 1. The summed E-state index contributed by atoms with van der Waals surface area (Å²) in [5, 5.41) is 5.41. The van der Waals surface area contributed by atoms with Gasteiger partial charge in [0.15, 0.2) is 0 Å². The average molecular weight is 506 g/mol. The molecule has 2 heterocycles. The number of rotatable bonds is 4. The first-order chi connectivity index (χ1) is 17.3. The molecule has 2 aliphatic rings. The van der Waals surface area contributed by atoms with Gasteiger partial charge in [-0.1, -0.05) is 35.9 Å². The second-order valence-corrected chi connectivity index (χ2v) is 10.5. The van der Waals surface area contributed by atoms with E-state index in [-0.39, 0.29) is 17.5 Å². The Morgan fingerprint density at radius 2 is 1.72 bits per heavy atom. The lowest BCUT2D eigenvalue weighted by atomic mass is 9.75. The van der Waals surface area contributed by atoms with Crippen LogP contribution in [0.3, 0.4) is 0 Å². The van der Waals surface area contributed by atoms with Crippen molar-refractivity contribution in [3.8, 4) is 11.3 Å². The van der Waals surface area contributed by atoms with E-state index in [2.05, 4.69) is 11.9 Å². The lowest BCUT2D eigenvalue weighted by molar-refractivity contribution is 0.0664. The zero-order valence-corrected chi connectivity index (χ0v) is 21.3. The van der Waals surface area contributed by atoms with Gasteiger partial charge in [-0.15, -0.1) is 0 Å². The van der Waals surface area contributed by atoms with Crippen LogP contribution in [0.25, 0.3) is 11.3 Å². The van der Waals surface area contributed by atoms with Crippen molar-refractivity contribution in [1.29, 1.82) is 0 Å². The number of nitrogens with two attached hydrogens (primary N) is 1. The van der Waals surface area contributed by atoms with Crippen LogP contribution in [0, 0.1) is 0 Å². The van der Waals surface area contributed by atoms with E-state index in [4.69, 9.17) is 22.4 Å². The highest BCUT2D eigenvalue weighted by atomic mass is 35.5. The van der Waals surface area contributed by atoms with Crippen LogP contribution in [0.2, 0.25) is 5.02 Å². The molecule has 1 aliphatic carbocycles. The molecule has 1 amide bonds. The highest BCUT2D eigenvalue weighted by Gasteiger charge is 2.34. The van der Waals surface area contributed by atoms with Gasteiger partial charge in [-0.05, 0) is 68.6 Å². The molecule has 2 aromatic carbocycles. The highest BCUT2D eigenvalue weighted by molar-refractivity contribution is 6.30. The monoisotopic (exact) mass is 505 g/mol. The number of benzene rings is 2. The Bertz CT molecular complexity index is 1310. The maximum atomic E-state index is 13.1. The first kappa shape index (κ1) is 24.7. The van der Waals surface area contributed by atoms with Gasteiger partial charge in [-0.3, -0.25) is 9.59 Å².